The van der Waals surface area contributed by atoms with Crippen LogP contribution in [-0.2, 0) is 27.4 Å². The van der Waals surface area contributed by atoms with Crippen LogP contribution in [-0.4, -0.2) is 23.5 Å². The van der Waals surface area contributed by atoms with Gasteiger partial charge in [-0.15, -0.1) is 0 Å². The normalized spacial score (nSPS) is 12.4. The second kappa shape index (κ2) is 7.31. The van der Waals surface area contributed by atoms with Gasteiger partial charge in [0, 0.05) is 17.5 Å². The highest BCUT2D eigenvalue weighted by atomic mass is 32.2. The van der Waals surface area contributed by atoms with E-state index in [1.807, 2.05) is 0 Å². The van der Waals surface area contributed by atoms with E-state index in [4.69, 9.17) is 5.11 Å². The molecule has 0 amide bonds. The lowest BCUT2D eigenvalue weighted by Crippen LogP contribution is -2.16. The second-order valence-corrected chi connectivity index (χ2v) is 8.02. The number of aliphatic carboxylic acids is 1. The van der Waals surface area contributed by atoms with Crippen molar-refractivity contribution < 1.29 is 31.5 Å². The molecule has 0 unspecified atom stereocenters. The molecule has 0 saturated carbocycles. The Hall–Kier alpha value is -2.81. The van der Waals surface area contributed by atoms with Gasteiger partial charge in [-0.25, -0.2) is 12.4 Å². The summed E-state index contributed by atoms with van der Waals surface area (Å²) in [6.45, 7) is 0. The zero-order chi connectivity index (χ0) is 20.5. The van der Waals surface area contributed by atoms with Gasteiger partial charge in [0.05, 0.1) is 16.0 Å². The van der Waals surface area contributed by atoms with E-state index < -0.39 is 27.7 Å². The van der Waals surface area contributed by atoms with Gasteiger partial charge in [-0.1, -0.05) is 18.2 Å². The molecule has 28 heavy (non-hydrogen) atoms. The SMILES string of the molecule is O=C(O)CCCc1cc2cc(C(F)(F)F)ccc2n1S(=O)(=O)c1ccccc1. The summed E-state index contributed by atoms with van der Waals surface area (Å²) in [5.41, 5.74) is -0.534. The zero-order valence-electron chi connectivity index (χ0n) is 14.5. The fourth-order valence-corrected chi connectivity index (χ4v) is 4.59. The van der Waals surface area contributed by atoms with Crippen molar-refractivity contribution in [1.82, 2.24) is 3.97 Å². The molecule has 0 atom stereocenters. The van der Waals surface area contributed by atoms with Gasteiger partial charge in [0.1, 0.15) is 0 Å². The summed E-state index contributed by atoms with van der Waals surface area (Å²) >= 11 is 0. The molecule has 0 aliphatic rings. The van der Waals surface area contributed by atoms with Crippen molar-refractivity contribution >= 4 is 26.9 Å². The number of benzene rings is 2. The number of alkyl halides is 3. The van der Waals surface area contributed by atoms with Crippen molar-refractivity contribution in [1.29, 1.82) is 0 Å². The number of carbonyl (C=O) groups is 1. The summed E-state index contributed by atoms with van der Waals surface area (Å²) in [4.78, 5) is 10.8. The first-order valence-corrected chi connectivity index (χ1v) is 9.79. The van der Waals surface area contributed by atoms with Gasteiger partial charge in [-0.2, -0.15) is 13.2 Å². The summed E-state index contributed by atoms with van der Waals surface area (Å²) < 4.78 is 66.3. The number of hydrogen-bond acceptors (Lipinski definition) is 3. The van der Waals surface area contributed by atoms with E-state index in [0.29, 0.717) is 0 Å². The minimum absolute atomic E-state index is 0.00752. The number of halogens is 3. The Labute approximate surface area is 159 Å². The Morgan fingerprint density at radius 2 is 1.71 bits per heavy atom. The molecule has 9 heteroatoms. The molecule has 3 aromatic rings. The number of rotatable bonds is 6. The van der Waals surface area contributed by atoms with Crippen molar-refractivity contribution in [3.63, 3.8) is 0 Å². The Bertz CT molecular complexity index is 1120. The van der Waals surface area contributed by atoms with Gasteiger partial charge in [0.2, 0.25) is 0 Å². The minimum atomic E-state index is -4.56. The highest BCUT2D eigenvalue weighted by Crippen LogP contribution is 2.34. The molecule has 0 fully saturated rings. The van der Waals surface area contributed by atoms with Crippen LogP contribution in [0.2, 0.25) is 0 Å². The van der Waals surface area contributed by atoms with E-state index in [1.165, 1.54) is 18.2 Å². The number of aryl methyl sites for hydroxylation is 1. The first-order chi connectivity index (χ1) is 13.1. The van der Waals surface area contributed by atoms with E-state index in [9.17, 15) is 26.4 Å². The molecule has 0 aliphatic carbocycles. The van der Waals surface area contributed by atoms with Gasteiger partial charge < -0.3 is 5.11 Å². The first kappa shape index (κ1) is 19.9. The van der Waals surface area contributed by atoms with Crippen LogP contribution in [0.1, 0.15) is 24.1 Å². The smallest absolute Gasteiger partial charge is 0.416 e. The summed E-state index contributed by atoms with van der Waals surface area (Å²) in [5, 5.41) is 8.94. The molecule has 2 aromatic carbocycles. The van der Waals surface area contributed by atoms with Crippen molar-refractivity contribution in [3.05, 3.63) is 65.9 Å². The van der Waals surface area contributed by atoms with Gasteiger partial charge in [-0.3, -0.25) is 4.79 Å². The molecule has 3 rings (SSSR count). The maximum Gasteiger partial charge on any atom is 0.416 e. The third-order valence-corrected chi connectivity index (χ3v) is 6.04. The van der Waals surface area contributed by atoms with Crippen LogP contribution >= 0.6 is 0 Å². The lowest BCUT2D eigenvalue weighted by atomic mass is 10.1. The molecule has 1 aromatic heterocycles. The molecule has 0 radical (unpaired) electrons. The molecule has 1 heterocycles. The van der Waals surface area contributed by atoms with Gasteiger partial charge in [-0.05, 0) is 49.2 Å². The number of nitrogens with zero attached hydrogens (tertiary/aromatic N) is 1. The monoisotopic (exact) mass is 411 g/mol. The maximum atomic E-state index is 13.1. The molecule has 0 saturated heterocycles. The number of carboxylic acids is 1. The van der Waals surface area contributed by atoms with E-state index >= 15 is 0 Å². The largest absolute Gasteiger partial charge is 0.481 e. The van der Waals surface area contributed by atoms with Crippen LogP contribution in [0.25, 0.3) is 10.9 Å². The second-order valence-electron chi connectivity index (χ2n) is 6.24. The minimum Gasteiger partial charge on any atom is -0.481 e. The third-order valence-electron chi connectivity index (χ3n) is 4.26. The predicted octanol–water partition coefficient (Wildman–Crippen LogP) is 4.30. The summed E-state index contributed by atoms with van der Waals surface area (Å²) in [6, 6.07) is 11.8. The Balaban J connectivity index is 2.18. The number of hydrogen-bond donors (Lipinski definition) is 1. The van der Waals surface area contributed by atoms with Crippen molar-refractivity contribution in [2.45, 2.75) is 30.3 Å². The van der Waals surface area contributed by atoms with Crippen LogP contribution in [0.15, 0.2) is 59.5 Å². The van der Waals surface area contributed by atoms with E-state index in [1.54, 1.807) is 18.2 Å². The van der Waals surface area contributed by atoms with Gasteiger partial charge in [0.25, 0.3) is 10.0 Å². The van der Waals surface area contributed by atoms with Gasteiger partial charge in [0.15, 0.2) is 0 Å². The molecular formula is C19H16F3NO4S. The van der Waals surface area contributed by atoms with Crippen molar-refractivity contribution in [3.8, 4) is 0 Å². The van der Waals surface area contributed by atoms with Crippen molar-refractivity contribution in [2.75, 3.05) is 0 Å². The fourth-order valence-electron chi connectivity index (χ4n) is 3.00. The van der Waals surface area contributed by atoms with E-state index in [0.717, 1.165) is 22.2 Å². The van der Waals surface area contributed by atoms with Crippen LogP contribution in [0, 0.1) is 0 Å². The Kier molecular flexibility index (Phi) is 5.20. The predicted molar refractivity (Wildman–Crippen MR) is 96.5 cm³/mol. The number of aromatic nitrogens is 1. The molecule has 0 bridgehead atoms. The van der Waals surface area contributed by atoms with E-state index in [-0.39, 0.29) is 40.8 Å². The lowest BCUT2D eigenvalue weighted by molar-refractivity contribution is -0.138. The van der Waals surface area contributed by atoms with Crippen LogP contribution in [0.5, 0.6) is 0 Å². The van der Waals surface area contributed by atoms with Crippen molar-refractivity contribution in [2.24, 2.45) is 0 Å². The topological polar surface area (TPSA) is 76.4 Å². The molecule has 148 valence electrons. The summed E-state index contributed by atoms with van der Waals surface area (Å²) in [6.07, 6.45) is -4.49. The number of fused-ring (bicyclic) bond motifs is 1. The number of carboxylic acid groups (broad SMARTS) is 1. The van der Waals surface area contributed by atoms with Gasteiger partial charge >= 0.3 is 12.1 Å². The standard InChI is InChI=1S/C19H16F3NO4S/c20-19(21,22)14-9-10-17-13(11-14)12-15(5-4-8-18(24)25)23(17)28(26,27)16-6-2-1-3-7-16/h1-3,6-7,9-12H,4-5,8H2,(H,24,25). The average Bonchev–Trinajstić information content (AvgIpc) is 2.99. The van der Waals surface area contributed by atoms with E-state index in [2.05, 4.69) is 0 Å². The van der Waals surface area contributed by atoms with Crippen LogP contribution in [0.3, 0.4) is 0 Å². The molecule has 0 aliphatic heterocycles. The summed E-state index contributed by atoms with van der Waals surface area (Å²) in [5.74, 6) is -1.03. The lowest BCUT2D eigenvalue weighted by Gasteiger charge is -2.12. The molecular weight excluding hydrogens is 395 g/mol. The highest BCUT2D eigenvalue weighted by molar-refractivity contribution is 7.90. The zero-order valence-corrected chi connectivity index (χ0v) is 15.3. The van der Waals surface area contributed by atoms with Crippen LogP contribution < -0.4 is 0 Å². The first-order valence-electron chi connectivity index (χ1n) is 8.35. The highest BCUT2D eigenvalue weighted by Gasteiger charge is 2.31. The molecule has 1 N–H and O–H groups in total. The van der Waals surface area contributed by atoms with Crippen LogP contribution in [0.4, 0.5) is 13.2 Å². The fraction of sp³-hybridized carbons (Fsp3) is 0.211. The average molecular weight is 411 g/mol. The molecule has 5 nitrogen and oxygen atoms in total. The Morgan fingerprint density at radius 3 is 2.32 bits per heavy atom. The molecule has 0 spiro atoms. The maximum absolute atomic E-state index is 13.1. The summed E-state index contributed by atoms with van der Waals surface area (Å²) in [7, 11) is -4.06. The Morgan fingerprint density at radius 1 is 1.04 bits per heavy atom. The quantitative estimate of drug-likeness (QED) is 0.656. The third kappa shape index (κ3) is 3.89.